The first-order chi connectivity index (χ1) is 9.15. The molecule has 3 heterocycles. The molecule has 0 aliphatic carbocycles. The summed E-state index contributed by atoms with van der Waals surface area (Å²) in [7, 11) is 0. The van der Waals surface area contributed by atoms with Crippen molar-refractivity contribution in [2.75, 3.05) is 26.2 Å². The van der Waals surface area contributed by atoms with E-state index in [1.807, 2.05) is 0 Å². The fourth-order valence-electron chi connectivity index (χ4n) is 2.35. The van der Waals surface area contributed by atoms with Crippen molar-refractivity contribution in [1.82, 2.24) is 25.2 Å². The molecule has 8 nitrogen and oxygen atoms in total. The van der Waals surface area contributed by atoms with Gasteiger partial charge in [0.25, 0.3) is 5.91 Å². The van der Waals surface area contributed by atoms with Gasteiger partial charge in [-0.2, -0.15) is 0 Å². The van der Waals surface area contributed by atoms with E-state index in [-0.39, 0.29) is 23.8 Å². The predicted octanol–water partition coefficient (Wildman–Crippen LogP) is -1.63. The third-order valence-corrected chi connectivity index (χ3v) is 3.74. The van der Waals surface area contributed by atoms with Gasteiger partial charge in [0.05, 0.1) is 18.2 Å². The summed E-state index contributed by atoms with van der Waals surface area (Å²) in [5, 5.41) is 11.0. The van der Waals surface area contributed by atoms with Crippen molar-refractivity contribution < 1.29 is 9.59 Å². The van der Waals surface area contributed by atoms with E-state index in [1.165, 1.54) is 0 Å². The van der Waals surface area contributed by atoms with Gasteiger partial charge in [0, 0.05) is 26.2 Å². The highest BCUT2D eigenvalue weighted by Crippen LogP contribution is 2.18. The molecule has 2 amide bonds. The molecule has 1 aromatic heterocycles. The van der Waals surface area contributed by atoms with E-state index in [0.29, 0.717) is 25.2 Å². The van der Waals surface area contributed by atoms with Crippen molar-refractivity contribution in [3.8, 4) is 0 Å². The molecule has 102 valence electrons. The topological polar surface area (TPSA) is 106 Å². The number of carbonyl (C=O) groups is 2. The maximum Gasteiger partial charge on any atom is 0.276 e. The highest BCUT2D eigenvalue weighted by molar-refractivity contribution is 5.92. The SMILES string of the molecule is NC(=O)C1CCN(C(=O)c2cn(C3CNC3)nn2)C1. The van der Waals surface area contributed by atoms with Crippen LogP contribution < -0.4 is 11.1 Å². The number of hydrogen-bond acceptors (Lipinski definition) is 5. The minimum Gasteiger partial charge on any atom is -0.369 e. The molecule has 0 aromatic carbocycles. The first kappa shape index (κ1) is 12.1. The molecule has 2 aliphatic heterocycles. The summed E-state index contributed by atoms with van der Waals surface area (Å²) in [6.07, 6.45) is 2.30. The van der Waals surface area contributed by atoms with E-state index in [1.54, 1.807) is 15.8 Å². The van der Waals surface area contributed by atoms with Gasteiger partial charge < -0.3 is 16.0 Å². The zero-order chi connectivity index (χ0) is 13.4. The van der Waals surface area contributed by atoms with E-state index in [0.717, 1.165) is 13.1 Å². The summed E-state index contributed by atoms with van der Waals surface area (Å²) < 4.78 is 1.71. The normalized spacial score (nSPS) is 23.4. The van der Waals surface area contributed by atoms with Crippen molar-refractivity contribution in [3.05, 3.63) is 11.9 Å². The number of primary amides is 1. The van der Waals surface area contributed by atoms with Crippen LogP contribution in [0.2, 0.25) is 0 Å². The minimum atomic E-state index is -0.348. The molecular weight excluding hydrogens is 248 g/mol. The Labute approximate surface area is 109 Å². The maximum atomic E-state index is 12.2. The Morgan fingerprint density at radius 2 is 2.21 bits per heavy atom. The summed E-state index contributed by atoms with van der Waals surface area (Å²) in [6, 6.07) is 0.283. The highest BCUT2D eigenvalue weighted by Gasteiger charge is 2.31. The van der Waals surface area contributed by atoms with Crippen LogP contribution in [0.4, 0.5) is 0 Å². The summed E-state index contributed by atoms with van der Waals surface area (Å²) in [5.74, 6) is -0.767. The Morgan fingerprint density at radius 1 is 1.42 bits per heavy atom. The number of nitrogens with zero attached hydrogens (tertiary/aromatic N) is 4. The van der Waals surface area contributed by atoms with Gasteiger partial charge in [0.15, 0.2) is 5.69 Å². The van der Waals surface area contributed by atoms with Crippen LogP contribution in [-0.2, 0) is 4.79 Å². The van der Waals surface area contributed by atoms with Gasteiger partial charge in [-0.25, -0.2) is 4.68 Å². The van der Waals surface area contributed by atoms with E-state index in [2.05, 4.69) is 15.6 Å². The van der Waals surface area contributed by atoms with Crippen LogP contribution in [0.5, 0.6) is 0 Å². The van der Waals surface area contributed by atoms with Crippen molar-refractivity contribution >= 4 is 11.8 Å². The van der Waals surface area contributed by atoms with Crippen LogP contribution in [-0.4, -0.2) is 57.9 Å². The molecule has 1 unspecified atom stereocenters. The number of amides is 2. The number of nitrogens with two attached hydrogens (primary N) is 1. The molecule has 3 N–H and O–H groups in total. The van der Waals surface area contributed by atoms with Gasteiger partial charge >= 0.3 is 0 Å². The zero-order valence-electron chi connectivity index (χ0n) is 10.5. The maximum absolute atomic E-state index is 12.2. The first-order valence-electron chi connectivity index (χ1n) is 6.36. The van der Waals surface area contributed by atoms with Crippen molar-refractivity contribution in [2.45, 2.75) is 12.5 Å². The second-order valence-corrected chi connectivity index (χ2v) is 5.04. The standard InChI is InChI=1S/C11H16N6O2/c12-10(18)7-1-2-16(5-7)11(19)9-6-17(15-14-9)8-3-13-4-8/h6-8,13H,1-5H2,(H2,12,18). The first-order valence-corrected chi connectivity index (χ1v) is 6.36. The van der Waals surface area contributed by atoms with Crippen LogP contribution in [0.1, 0.15) is 23.0 Å². The third-order valence-electron chi connectivity index (χ3n) is 3.74. The largest absolute Gasteiger partial charge is 0.369 e. The molecule has 3 rings (SSSR count). The summed E-state index contributed by atoms with van der Waals surface area (Å²) in [6.45, 7) is 2.63. The molecule has 2 saturated heterocycles. The lowest BCUT2D eigenvalue weighted by atomic mass is 10.1. The molecule has 0 bridgehead atoms. The zero-order valence-corrected chi connectivity index (χ0v) is 10.5. The number of likely N-dealkylation sites (tertiary alicyclic amines) is 1. The van der Waals surface area contributed by atoms with Crippen LogP contribution >= 0.6 is 0 Å². The number of nitrogens with one attached hydrogen (secondary N) is 1. The number of aromatic nitrogens is 3. The molecule has 1 aromatic rings. The van der Waals surface area contributed by atoms with E-state index < -0.39 is 0 Å². The lowest BCUT2D eigenvalue weighted by Gasteiger charge is -2.26. The molecule has 0 saturated carbocycles. The second kappa shape index (κ2) is 4.61. The average molecular weight is 264 g/mol. The van der Waals surface area contributed by atoms with Gasteiger partial charge in [-0.3, -0.25) is 9.59 Å². The quantitative estimate of drug-likeness (QED) is 0.681. The molecular formula is C11H16N6O2. The summed E-state index contributed by atoms with van der Waals surface area (Å²) in [4.78, 5) is 24.9. The Bertz CT molecular complexity index is 509. The minimum absolute atomic E-state index is 0.178. The number of hydrogen-bond donors (Lipinski definition) is 2. The monoisotopic (exact) mass is 264 g/mol. The molecule has 0 spiro atoms. The smallest absolute Gasteiger partial charge is 0.276 e. The van der Waals surface area contributed by atoms with Crippen molar-refractivity contribution in [1.29, 1.82) is 0 Å². The van der Waals surface area contributed by atoms with E-state index in [9.17, 15) is 9.59 Å². The van der Waals surface area contributed by atoms with Crippen molar-refractivity contribution in [2.24, 2.45) is 11.7 Å². The lowest BCUT2D eigenvalue weighted by molar-refractivity contribution is -0.121. The van der Waals surface area contributed by atoms with Gasteiger partial charge in [-0.15, -0.1) is 5.10 Å². The van der Waals surface area contributed by atoms with E-state index in [4.69, 9.17) is 5.73 Å². The lowest BCUT2D eigenvalue weighted by Crippen LogP contribution is -2.43. The average Bonchev–Trinajstić information content (AvgIpc) is 2.94. The predicted molar refractivity (Wildman–Crippen MR) is 65.1 cm³/mol. The third kappa shape index (κ3) is 2.19. The Balaban J connectivity index is 1.67. The van der Waals surface area contributed by atoms with E-state index >= 15 is 0 Å². The van der Waals surface area contributed by atoms with Crippen LogP contribution in [0.25, 0.3) is 0 Å². The van der Waals surface area contributed by atoms with Gasteiger partial charge in [-0.1, -0.05) is 5.21 Å². The Morgan fingerprint density at radius 3 is 2.79 bits per heavy atom. The van der Waals surface area contributed by atoms with Gasteiger partial charge in [0.1, 0.15) is 0 Å². The molecule has 8 heteroatoms. The highest BCUT2D eigenvalue weighted by atomic mass is 16.2. The molecule has 1 atom stereocenters. The fraction of sp³-hybridized carbons (Fsp3) is 0.636. The molecule has 2 fully saturated rings. The molecule has 0 radical (unpaired) electrons. The van der Waals surface area contributed by atoms with Gasteiger partial charge in [0.2, 0.25) is 5.91 Å². The van der Waals surface area contributed by atoms with Crippen LogP contribution in [0.15, 0.2) is 6.20 Å². The van der Waals surface area contributed by atoms with Crippen molar-refractivity contribution in [3.63, 3.8) is 0 Å². The molecule has 2 aliphatic rings. The van der Waals surface area contributed by atoms with Gasteiger partial charge in [-0.05, 0) is 6.42 Å². The summed E-state index contributed by atoms with van der Waals surface area (Å²) in [5.41, 5.74) is 5.58. The van der Waals surface area contributed by atoms with Crippen LogP contribution in [0, 0.1) is 5.92 Å². The Kier molecular flexibility index (Phi) is 2.94. The summed E-state index contributed by atoms with van der Waals surface area (Å²) >= 11 is 0. The fourth-order valence-corrected chi connectivity index (χ4v) is 2.35. The van der Waals surface area contributed by atoms with Crippen LogP contribution in [0.3, 0.4) is 0 Å². The molecule has 19 heavy (non-hydrogen) atoms. The second-order valence-electron chi connectivity index (χ2n) is 5.04. The number of rotatable bonds is 3. The number of carbonyl (C=O) groups excluding carboxylic acids is 2. The Hall–Kier alpha value is -1.96.